The molecule has 0 saturated carbocycles. The number of piperidine rings is 1. The molecule has 1 saturated heterocycles. The van der Waals surface area contributed by atoms with Crippen LogP contribution in [0.3, 0.4) is 0 Å². The zero-order valence-corrected chi connectivity index (χ0v) is 13.2. The minimum atomic E-state index is -0.505. The lowest BCUT2D eigenvalue weighted by Gasteiger charge is -2.31. The van der Waals surface area contributed by atoms with Crippen molar-refractivity contribution >= 4 is 44.3 Å². The van der Waals surface area contributed by atoms with Crippen LogP contribution in [-0.2, 0) is 4.79 Å². The molecular weight excluding hydrogens is 346 g/mol. The molecular formula is C16H12BrN3O2. The van der Waals surface area contributed by atoms with E-state index in [9.17, 15) is 9.59 Å². The second kappa shape index (κ2) is 4.64. The Morgan fingerprint density at radius 2 is 2.14 bits per heavy atom. The van der Waals surface area contributed by atoms with Crippen LogP contribution in [0.4, 0.5) is 5.69 Å². The molecule has 3 heterocycles. The summed E-state index contributed by atoms with van der Waals surface area (Å²) < 4.78 is 0.837. The van der Waals surface area contributed by atoms with E-state index in [1.165, 1.54) is 0 Å². The minimum Gasteiger partial charge on any atom is -0.329 e. The van der Waals surface area contributed by atoms with Crippen molar-refractivity contribution in [1.29, 1.82) is 0 Å². The van der Waals surface area contributed by atoms with Crippen LogP contribution in [0.2, 0.25) is 0 Å². The van der Waals surface area contributed by atoms with E-state index in [2.05, 4.69) is 32.8 Å². The summed E-state index contributed by atoms with van der Waals surface area (Å²) in [6, 6.07) is 4.88. The van der Waals surface area contributed by atoms with E-state index >= 15 is 0 Å². The highest BCUT2D eigenvalue weighted by molar-refractivity contribution is 9.10. The maximum absolute atomic E-state index is 12.8. The van der Waals surface area contributed by atoms with Gasteiger partial charge in [-0.1, -0.05) is 6.58 Å². The van der Waals surface area contributed by atoms with Crippen molar-refractivity contribution in [3.63, 3.8) is 0 Å². The molecule has 110 valence electrons. The predicted molar refractivity (Wildman–Crippen MR) is 86.6 cm³/mol. The number of rotatable bonds is 1. The molecule has 0 aliphatic carbocycles. The number of aromatic nitrogens is 1. The first kappa shape index (κ1) is 13.5. The van der Waals surface area contributed by atoms with Crippen LogP contribution in [0.15, 0.2) is 41.1 Å². The number of hydrogen-bond donors (Lipinski definition) is 1. The topological polar surface area (TPSA) is 62.3 Å². The number of pyridine rings is 1. The minimum absolute atomic E-state index is 0.145. The van der Waals surface area contributed by atoms with Gasteiger partial charge in [-0.05, 0) is 47.0 Å². The first-order valence-corrected chi connectivity index (χ1v) is 7.76. The molecule has 1 aromatic carbocycles. The number of halogens is 1. The third-order valence-corrected chi connectivity index (χ3v) is 4.80. The highest BCUT2D eigenvalue weighted by atomic mass is 79.9. The molecule has 6 heteroatoms. The Bertz CT molecular complexity index is 862. The van der Waals surface area contributed by atoms with Gasteiger partial charge in [0.1, 0.15) is 6.04 Å². The van der Waals surface area contributed by atoms with Crippen LogP contribution in [0, 0.1) is 0 Å². The van der Waals surface area contributed by atoms with E-state index < -0.39 is 6.04 Å². The van der Waals surface area contributed by atoms with Crippen LogP contribution in [0.1, 0.15) is 23.2 Å². The molecule has 0 radical (unpaired) electrons. The van der Waals surface area contributed by atoms with E-state index in [-0.39, 0.29) is 11.8 Å². The first-order valence-electron chi connectivity index (χ1n) is 6.97. The van der Waals surface area contributed by atoms with E-state index in [1.807, 2.05) is 6.07 Å². The monoisotopic (exact) mass is 357 g/mol. The number of carbonyl (C=O) groups excluding carboxylic acids is 2. The molecule has 2 aromatic rings. The van der Waals surface area contributed by atoms with Gasteiger partial charge < -0.3 is 5.32 Å². The van der Waals surface area contributed by atoms with Gasteiger partial charge in [0.25, 0.3) is 5.91 Å². The third-order valence-electron chi connectivity index (χ3n) is 4.16. The van der Waals surface area contributed by atoms with Crippen LogP contribution >= 0.6 is 15.9 Å². The molecule has 1 fully saturated rings. The van der Waals surface area contributed by atoms with E-state index in [0.29, 0.717) is 24.1 Å². The van der Waals surface area contributed by atoms with Gasteiger partial charge in [-0.3, -0.25) is 19.5 Å². The molecule has 2 aliphatic rings. The van der Waals surface area contributed by atoms with Crippen molar-refractivity contribution in [2.24, 2.45) is 0 Å². The second-order valence-electron chi connectivity index (χ2n) is 5.47. The summed E-state index contributed by atoms with van der Waals surface area (Å²) in [7, 11) is 0. The maximum Gasteiger partial charge on any atom is 0.259 e. The van der Waals surface area contributed by atoms with Crippen LogP contribution < -0.4 is 10.2 Å². The number of benzene rings is 1. The summed E-state index contributed by atoms with van der Waals surface area (Å²) in [4.78, 5) is 31.0. The fourth-order valence-electron chi connectivity index (χ4n) is 3.15. The van der Waals surface area contributed by atoms with E-state index in [0.717, 1.165) is 21.1 Å². The van der Waals surface area contributed by atoms with Crippen LogP contribution in [0.5, 0.6) is 0 Å². The number of hydrogen-bond acceptors (Lipinski definition) is 3. The Labute approximate surface area is 135 Å². The summed E-state index contributed by atoms with van der Waals surface area (Å²) in [5, 5.41) is 3.55. The lowest BCUT2D eigenvalue weighted by Crippen LogP contribution is -2.51. The summed E-state index contributed by atoms with van der Waals surface area (Å²) in [6.07, 6.45) is 2.92. The molecule has 1 N–H and O–H groups in total. The van der Waals surface area contributed by atoms with Gasteiger partial charge in [0, 0.05) is 21.8 Å². The maximum atomic E-state index is 12.8. The highest BCUT2D eigenvalue weighted by Gasteiger charge is 2.40. The highest BCUT2D eigenvalue weighted by Crippen LogP contribution is 2.41. The number of nitrogens with zero attached hydrogens (tertiary/aromatic N) is 2. The Morgan fingerprint density at radius 3 is 2.91 bits per heavy atom. The van der Waals surface area contributed by atoms with Crippen molar-refractivity contribution in [2.45, 2.75) is 18.9 Å². The quantitative estimate of drug-likeness (QED) is 0.853. The zero-order chi connectivity index (χ0) is 15.4. The summed E-state index contributed by atoms with van der Waals surface area (Å²) in [6.45, 7) is 3.78. The zero-order valence-electron chi connectivity index (χ0n) is 11.6. The lowest BCUT2D eigenvalue weighted by atomic mass is 10.0. The smallest absolute Gasteiger partial charge is 0.259 e. The third kappa shape index (κ3) is 1.73. The molecule has 0 bridgehead atoms. The average Bonchev–Trinajstić information content (AvgIpc) is 2.77. The van der Waals surface area contributed by atoms with Gasteiger partial charge in [-0.25, -0.2) is 0 Å². The fourth-order valence-corrected chi connectivity index (χ4v) is 3.59. The molecule has 5 nitrogen and oxygen atoms in total. The Morgan fingerprint density at radius 1 is 1.32 bits per heavy atom. The van der Waals surface area contributed by atoms with Crippen molar-refractivity contribution < 1.29 is 9.59 Å². The molecule has 22 heavy (non-hydrogen) atoms. The largest absolute Gasteiger partial charge is 0.329 e. The normalized spacial score (nSPS) is 20.7. The second-order valence-corrected chi connectivity index (χ2v) is 6.33. The number of nitrogens with one attached hydrogen (secondary N) is 1. The molecule has 1 unspecified atom stereocenters. The van der Waals surface area contributed by atoms with E-state index in [4.69, 9.17) is 0 Å². The van der Waals surface area contributed by atoms with Gasteiger partial charge in [0.05, 0.1) is 16.8 Å². The van der Waals surface area contributed by atoms with Gasteiger partial charge >= 0.3 is 0 Å². The van der Waals surface area contributed by atoms with Crippen molar-refractivity contribution in [3.8, 4) is 0 Å². The number of carbonyl (C=O) groups is 2. The van der Waals surface area contributed by atoms with Gasteiger partial charge in [-0.2, -0.15) is 0 Å². The number of anilines is 1. The first-order chi connectivity index (χ1) is 10.6. The Kier molecular flexibility index (Phi) is 2.84. The predicted octanol–water partition coefficient (Wildman–Crippen LogP) is 2.75. The number of allylic oxidation sites excluding steroid dienone is 1. The summed E-state index contributed by atoms with van der Waals surface area (Å²) >= 11 is 3.47. The molecule has 1 aromatic heterocycles. The summed E-state index contributed by atoms with van der Waals surface area (Å²) in [5.41, 5.74) is 2.79. The number of amides is 2. The molecule has 2 aliphatic heterocycles. The average molecular weight is 358 g/mol. The van der Waals surface area contributed by atoms with Gasteiger partial charge in [0.15, 0.2) is 0 Å². The van der Waals surface area contributed by atoms with Crippen molar-refractivity contribution in [2.75, 3.05) is 4.90 Å². The fraction of sp³-hybridized carbons (Fsp3) is 0.188. The molecule has 0 spiro atoms. The van der Waals surface area contributed by atoms with Crippen LogP contribution in [0.25, 0.3) is 10.9 Å². The molecule has 4 rings (SSSR count). The van der Waals surface area contributed by atoms with Gasteiger partial charge in [-0.15, -0.1) is 0 Å². The van der Waals surface area contributed by atoms with Crippen LogP contribution in [-0.4, -0.2) is 22.8 Å². The Balaban J connectivity index is 1.89. The van der Waals surface area contributed by atoms with Crippen molar-refractivity contribution in [1.82, 2.24) is 10.3 Å². The summed E-state index contributed by atoms with van der Waals surface area (Å²) in [5.74, 6) is -0.324. The molecule has 1 atom stereocenters. The van der Waals surface area contributed by atoms with Crippen molar-refractivity contribution in [3.05, 3.63) is 46.7 Å². The standard InChI is InChI=1S/C16H12BrN3O2/c1-8-2-5-12(15(21)19-8)20-11-6-7-18-14-10(17)4-3-9(13(11)14)16(20)22/h3-4,6-7,12H,1-2,5H2,(H,19,21). The van der Waals surface area contributed by atoms with E-state index in [1.54, 1.807) is 23.2 Å². The SMILES string of the molecule is C=C1CCC(N2C(=O)c3ccc(Br)c4nccc2c34)C(=O)N1. The molecule has 2 amide bonds. The Hall–Kier alpha value is -2.21. The van der Waals surface area contributed by atoms with Gasteiger partial charge in [0.2, 0.25) is 5.91 Å². The lowest BCUT2D eigenvalue weighted by molar-refractivity contribution is -0.122.